The molecule has 0 radical (unpaired) electrons. The molecule has 6 heteroatoms. The van der Waals surface area contributed by atoms with Crippen LogP contribution in [0.4, 0.5) is 0 Å². The number of rotatable bonds is 4. The number of imide groups is 1. The average Bonchev–Trinajstić information content (AvgIpc) is 2.46. The predicted molar refractivity (Wildman–Crippen MR) is 81.9 cm³/mol. The molecule has 2 rings (SSSR count). The number of nitrogens with one attached hydrogen (secondary N) is 1. The molecular formula is C15H17BrN2O3. The smallest absolute Gasteiger partial charge is 0.243 e. The van der Waals surface area contributed by atoms with Crippen molar-refractivity contribution in [2.45, 2.75) is 32.4 Å². The number of halogens is 1. The minimum atomic E-state index is -0.522. The van der Waals surface area contributed by atoms with Gasteiger partial charge in [0.1, 0.15) is 0 Å². The molecule has 1 aromatic rings. The molecule has 5 nitrogen and oxygen atoms in total. The van der Waals surface area contributed by atoms with E-state index in [1.54, 1.807) is 36.1 Å². The van der Waals surface area contributed by atoms with Crippen molar-refractivity contribution in [3.05, 3.63) is 34.3 Å². The minimum absolute atomic E-state index is 0.0632. The van der Waals surface area contributed by atoms with Crippen LogP contribution in [0.5, 0.6) is 0 Å². The Morgan fingerprint density at radius 1 is 1.38 bits per heavy atom. The van der Waals surface area contributed by atoms with Crippen LogP contribution >= 0.6 is 15.9 Å². The average molecular weight is 353 g/mol. The number of benzene rings is 1. The number of hydrogen-bond acceptors (Lipinski definition) is 4. The first kappa shape index (κ1) is 15.9. The predicted octanol–water partition coefficient (Wildman–Crippen LogP) is 1.76. The first-order chi connectivity index (χ1) is 9.93. The molecule has 1 fully saturated rings. The first-order valence-corrected chi connectivity index (χ1v) is 7.62. The van der Waals surface area contributed by atoms with Crippen molar-refractivity contribution in [2.75, 3.05) is 6.54 Å². The quantitative estimate of drug-likeness (QED) is 0.662. The van der Waals surface area contributed by atoms with Gasteiger partial charge in [0, 0.05) is 10.0 Å². The van der Waals surface area contributed by atoms with Crippen LogP contribution in [0.3, 0.4) is 0 Å². The summed E-state index contributed by atoms with van der Waals surface area (Å²) in [4.78, 5) is 37.6. The van der Waals surface area contributed by atoms with E-state index in [1.165, 1.54) is 0 Å². The molecule has 21 heavy (non-hydrogen) atoms. The summed E-state index contributed by atoms with van der Waals surface area (Å²) in [6.07, 6.45) is 0.553. The van der Waals surface area contributed by atoms with Gasteiger partial charge in [0.2, 0.25) is 11.8 Å². The molecule has 112 valence electrons. The van der Waals surface area contributed by atoms with E-state index >= 15 is 0 Å². The van der Waals surface area contributed by atoms with Gasteiger partial charge in [-0.05, 0) is 25.5 Å². The zero-order chi connectivity index (χ0) is 15.6. The summed E-state index contributed by atoms with van der Waals surface area (Å²) in [7, 11) is 0. The fourth-order valence-electron chi connectivity index (χ4n) is 2.52. The van der Waals surface area contributed by atoms with Crippen LogP contribution in [0.1, 0.15) is 30.6 Å². The van der Waals surface area contributed by atoms with E-state index in [1.807, 2.05) is 6.92 Å². The fourth-order valence-corrected chi connectivity index (χ4v) is 2.78. The molecule has 1 aliphatic rings. The third-order valence-electron chi connectivity index (χ3n) is 3.68. The van der Waals surface area contributed by atoms with E-state index in [0.29, 0.717) is 12.0 Å². The molecule has 0 spiro atoms. The van der Waals surface area contributed by atoms with Gasteiger partial charge in [-0.15, -0.1) is 0 Å². The maximum atomic E-state index is 12.5. The third-order valence-corrected chi connectivity index (χ3v) is 4.21. The highest BCUT2D eigenvalue weighted by Gasteiger charge is 2.37. The Morgan fingerprint density at radius 2 is 2.00 bits per heavy atom. The number of nitrogens with zero attached hydrogens (tertiary/aromatic N) is 1. The molecule has 1 saturated heterocycles. The van der Waals surface area contributed by atoms with Crippen LogP contribution in [0, 0.1) is 0 Å². The number of carbonyl (C=O) groups excluding carboxylic acids is 3. The Morgan fingerprint density at radius 3 is 2.57 bits per heavy atom. The highest BCUT2D eigenvalue weighted by atomic mass is 79.9. The monoisotopic (exact) mass is 352 g/mol. The van der Waals surface area contributed by atoms with Crippen LogP contribution in [-0.4, -0.2) is 41.1 Å². The zero-order valence-electron chi connectivity index (χ0n) is 11.9. The van der Waals surface area contributed by atoms with Crippen LogP contribution in [0.15, 0.2) is 28.7 Å². The van der Waals surface area contributed by atoms with Crippen molar-refractivity contribution in [1.82, 2.24) is 10.2 Å². The molecule has 0 bridgehead atoms. The van der Waals surface area contributed by atoms with Gasteiger partial charge in [0.05, 0.1) is 18.6 Å². The topological polar surface area (TPSA) is 66.5 Å². The van der Waals surface area contributed by atoms with Crippen LogP contribution in [-0.2, 0) is 9.59 Å². The molecular weight excluding hydrogens is 336 g/mol. The molecule has 2 unspecified atom stereocenters. The SMILES string of the molecule is CCC1C(=O)NC(=O)CN1C(C)C(=O)c1ccc(Br)cc1. The minimum Gasteiger partial charge on any atom is -0.294 e. The van der Waals surface area contributed by atoms with E-state index in [2.05, 4.69) is 21.2 Å². The number of carbonyl (C=O) groups is 3. The fraction of sp³-hybridized carbons (Fsp3) is 0.400. The summed E-state index contributed by atoms with van der Waals surface area (Å²) in [6, 6.07) is 6.09. The maximum absolute atomic E-state index is 12.5. The Kier molecular flexibility index (Phi) is 4.90. The maximum Gasteiger partial charge on any atom is 0.243 e. The Labute approximate surface area is 131 Å². The first-order valence-electron chi connectivity index (χ1n) is 6.83. The molecule has 0 saturated carbocycles. The van der Waals surface area contributed by atoms with Crippen molar-refractivity contribution in [2.24, 2.45) is 0 Å². The number of piperazine rings is 1. The summed E-state index contributed by atoms with van der Waals surface area (Å²) < 4.78 is 0.894. The largest absolute Gasteiger partial charge is 0.294 e. The second-order valence-corrected chi connectivity index (χ2v) is 5.97. The van der Waals surface area contributed by atoms with Crippen LogP contribution in [0.25, 0.3) is 0 Å². The molecule has 0 aliphatic carbocycles. The van der Waals surface area contributed by atoms with Gasteiger partial charge >= 0.3 is 0 Å². The number of Topliss-reactive ketones (excluding diaryl/α,β-unsaturated/α-hetero) is 1. The van der Waals surface area contributed by atoms with Gasteiger partial charge in [-0.1, -0.05) is 35.0 Å². The van der Waals surface area contributed by atoms with Gasteiger partial charge < -0.3 is 0 Å². The van der Waals surface area contributed by atoms with E-state index in [4.69, 9.17) is 0 Å². The van der Waals surface area contributed by atoms with Crippen LogP contribution < -0.4 is 5.32 Å². The number of amides is 2. The Hall–Kier alpha value is -1.53. The van der Waals surface area contributed by atoms with Crippen molar-refractivity contribution in [3.63, 3.8) is 0 Å². The standard InChI is InChI=1S/C15H17BrN2O3/c1-3-12-15(21)17-13(19)8-18(12)9(2)14(20)10-4-6-11(16)7-5-10/h4-7,9,12H,3,8H2,1-2H3,(H,17,19,21). The lowest BCUT2D eigenvalue weighted by molar-refractivity contribution is -0.140. The van der Waals surface area contributed by atoms with E-state index < -0.39 is 12.1 Å². The number of hydrogen-bond donors (Lipinski definition) is 1. The zero-order valence-corrected chi connectivity index (χ0v) is 13.5. The van der Waals surface area contributed by atoms with Crippen molar-refractivity contribution in [3.8, 4) is 0 Å². The Bertz CT molecular complexity index is 571. The van der Waals surface area contributed by atoms with Gasteiger partial charge in [-0.2, -0.15) is 0 Å². The molecule has 1 aliphatic heterocycles. The number of ketones is 1. The van der Waals surface area contributed by atoms with Crippen LogP contribution in [0.2, 0.25) is 0 Å². The second kappa shape index (κ2) is 6.49. The second-order valence-electron chi connectivity index (χ2n) is 5.06. The normalized spacial score (nSPS) is 21.0. The molecule has 2 atom stereocenters. The molecule has 2 amide bonds. The summed E-state index contributed by atoms with van der Waals surface area (Å²) in [5.41, 5.74) is 0.569. The van der Waals surface area contributed by atoms with Gasteiger partial charge in [0.15, 0.2) is 5.78 Å². The summed E-state index contributed by atoms with van der Waals surface area (Å²) >= 11 is 3.33. The Balaban J connectivity index is 2.22. The lowest BCUT2D eigenvalue weighted by atomic mass is 10.00. The van der Waals surface area contributed by atoms with E-state index in [0.717, 1.165) is 4.47 Å². The van der Waals surface area contributed by atoms with Crippen molar-refractivity contribution < 1.29 is 14.4 Å². The summed E-state index contributed by atoms with van der Waals surface area (Å²) in [5, 5.41) is 2.31. The van der Waals surface area contributed by atoms with Gasteiger partial charge in [-0.25, -0.2) is 0 Å². The third kappa shape index (κ3) is 3.39. The lowest BCUT2D eigenvalue weighted by Crippen LogP contribution is -2.61. The molecule has 1 N–H and O–H groups in total. The lowest BCUT2D eigenvalue weighted by Gasteiger charge is -2.36. The van der Waals surface area contributed by atoms with E-state index in [9.17, 15) is 14.4 Å². The van der Waals surface area contributed by atoms with Gasteiger partial charge in [-0.3, -0.25) is 24.6 Å². The molecule has 0 aromatic heterocycles. The highest BCUT2D eigenvalue weighted by Crippen LogP contribution is 2.18. The van der Waals surface area contributed by atoms with Crippen molar-refractivity contribution >= 4 is 33.5 Å². The molecule has 1 aromatic carbocycles. The summed E-state index contributed by atoms with van der Waals surface area (Å²) in [6.45, 7) is 3.66. The van der Waals surface area contributed by atoms with Gasteiger partial charge in [0.25, 0.3) is 0 Å². The summed E-state index contributed by atoms with van der Waals surface area (Å²) in [5.74, 6) is -0.784. The van der Waals surface area contributed by atoms with E-state index in [-0.39, 0.29) is 24.1 Å². The molecule has 1 heterocycles. The van der Waals surface area contributed by atoms with Crippen molar-refractivity contribution in [1.29, 1.82) is 0 Å². The highest BCUT2D eigenvalue weighted by molar-refractivity contribution is 9.10.